The molecule has 5 heteroatoms. The molecule has 5 aromatic rings. The van der Waals surface area contributed by atoms with Gasteiger partial charge < -0.3 is 8.39 Å². The van der Waals surface area contributed by atoms with E-state index >= 15 is 0 Å². The van der Waals surface area contributed by atoms with E-state index in [-0.39, 0.29) is 16.9 Å². The van der Waals surface area contributed by atoms with Crippen molar-refractivity contribution in [2.75, 3.05) is 6.16 Å². The van der Waals surface area contributed by atoms with Crippen LogP contribution in [0, 0.1) is 27.7 Å². The van der Waals surface area contributed by atoms with E-state index in [1.54, 1.807) is 0 Å². The summed E-state index contributed by atoms with van der Waals surface area (Å²) in [5.41, 5.74) is 8.91. The van der Waals surface area contributed by atoms with Crippen LogP contribution in [0.1, 0.15) is 81.8 Å². The topological polar surface area (TPSA) is 35.5 Å². The highest BCUT2D eigenvalue weighted by Crippen LogP contribution is 2.46. The molecule has 0 radical (unpaired) electrons. The summed E-state index contributed by atoms with van der Waals surface area (Å²) in [6.45, 7) is 24.6. The zero-order valence-corrected chi connectivity index (χ0v) is 30.1. The molecule has 0 saturated heterocycles. The maximum atomic E-state index is 6.99. The van der Waals surface area contributed by atoms with Gasteiger partial charge in [-0.1, -0.05) is 114 Å². The molecule has 1 heterocycles. The molecule has 232 valence electrons. The van der Waals surface area contributed by atoms with Crippen molar-refractivity contribution in [3.05, 3.63) is 106 Å². The molecule has 0 N–H and O–H groups in total. The third kappa shape index (κ3) is 6.57. The van der Waals surface area contributed by atoms with Crippen LogP contribution in [0.15, 0.2) is 81.2 Å². The molecule has 0 spiro atoms. The third-order valence-corrected chi connectivity index (χ3v) is 12.6. The maximum absolute atomic E-state index is 6.99. The lowest BCUT2D eigenvalue weighted by atomic mass is 9.81. The van der Waals surface area contributed by atoms with Gasteiger partial charge in [0.1, 0.15) is 11.2 Å². The first kappa shape index (κ1) is 32.6. The monoisotopic (exact) mass is 626 g/mol. The molecular weight excluding hydrogens is 578 g/mol. The Kier molecular flexibility index (Phi) is 9.26. The predicted molar refractivity (Wildman–Crippen MR) is 193 cm³/mol. The first-order valence-corrected chi connectivity index (χ1v) is 18.3. The first-order chi connectivity index (χ1) is 20.7. The second kappa shape index (κ2) is 12.5. The SMILES string of the molecule is Cc1cc(C(C)(C)C)c2op(O[C@H](C)CP(c3ccccc3)c3ccccc3)oc3c(C(C)(C)C)cc(C)c(C)c3c2c1C. The largest absolute Gasteiger partial charge is 0.399 e. The summed E-state index contributed by atoms with van der Waals surface area (Å²) in [7, 11) is -2.36. The Morgan fingerprint density at radius 1 is 0.659 bits per heavy atom. The Labute approximate surface area is 266 Å². The normalized spacial score (nSPS) is 13.2. The molecule has 0 saturated carbocycles. The van der Waals surface area contributed by atoms with E-state index in [4.69, 9.17) is 12.9 Å². The number of hydrogen-bond acceptors (Lipinski definition) is 3. The van der Waals surface area contributed by atoms with E-state index in [9.17, 15) is 0 Å². The van der Waals surface area contributed by atoms with E-state index < -0.39 is 16.2 Å². The van der Waals surface area contributed by atoms with Gasteiger partial charge in [0, 0.05) is 28.1 Å². The third-order valence-electron chi connectivity index (χ3n) is 8.64. The number of aryl methyl sites for hydroxylation is 4. The molecule has 3 nitrogen and oxygen atoms in total. The van der Waals surface area contributed by atoms with Crippen LogP contribution in [0.25, 0.3) is 21.9 Å². The number of benzene rings is 4. The fraction of sp³-hybridized carbons (Fsp3) is 0.385. The van der Waals surface area contributed by atoms with E-state index in [1.165, 1.54) is 44.0 Å². The molecular formula is C39H48O3P2. The van der Waals surface area contributed by atoms with Gasteiger partial charge in [-0.25, -0.2) is 0 Å². The minimum absolute atomic E-state index is 0.0908. The number of rotatable bonds is 6. The smallest absolute Gasteiger partial charge is 0.387 e. The van der Waals surface area contributed by atoms with Gasteiger partial charge >= 0.3 is 8.24 Å². The molecule has 5 rings (SSSR count). The zero-order valence-electron chi connectivity index (χ0n) is 28.3. The highest BCUT2D eigenvalue weighted by atomic mass is 31.1. The molecule has 1 aromatic heterocycles. The summed E-state index contributed by atoms with van der Waals surface area (Å²) in [5, 5.41) is 4.98. The second-order valence-electron chi connectivity index (χ2n) is 14.2. The van der Waals surface area contributed by atoms with Gasteiger partial charge in [0.15, 0.2) is 0 Å². The van der Waals surface area contributed by atoms with Crippen molar-refractivity contribution in [2.24, 2.45) is 0 Å². The Hall–Kier alpha value is -2.83. The lowest BCUT2D eigenvalue weighted by Gasteiger charge is -2.23. The summed E-state index contributed by atoms with van der Waals surface area (Å²) < 4.78 is 20.8. The molecule has 0 bridgehead atoms. The molecule has 4 aromatic carbocycles. The molecule has 0 fully saturated rings. The Morgan fingerprint density at radius 2 is 1.05 bits per heavy atom. The van der Waals surface area contributed by atoms with Gasteiger partial charge in [0.25, 0.3) is 0 Å². The summed E-state index contributed by atoms with van der Waals surface area (Å²) in [6, 6.07) is 26.2. The molecule has 0 unspecified atom stereocenters. The zero-order chi connectivity index (χ0) is 32.0. The van der Waals surface area contributed by atoms with Gasteiger partial charge in [-0.15, -0.1) is 0 Å². The van der Waals surface area contributed by atoms with Crippen molar-refractivity contribution < 1.29 is 12.9 Å². The number of hydrogen-bond donors (Lipinski definition) is 0. The van der Waals surface area contributed by atoms with Crippen LogP contribution in [0.3, 0.4) is 0 Å². The maximum Gasteiger partial charge on any atom is 0.387 e. The minimum atomic E-state index is -1.74. The van der Waals surface area contributed by atoms with Crippen LogP contribution in [0.5, 0.6) is 0 Å². The average molecular weight is 627 g/mol. The lowest BCUT2D eigenvalue weighted by molar-refractivity contribution is 0.303. The lowest BCUT2D eigenvalue weighted by Crippen LogP contribution is -2.22. The van der Waals surface area contributed by atoms with Crippen LogP contribution in [0.4, 0.5) is 0 Å². The molecule has 0 aliphatic heterocycles. The van der Waals surface area contributed by atoms with Crippen LogP contribution in [-0.4, -0.2) is 12.3 Å². The van der Waals surface area contributed by atoms with E-state index in [2.05, 4.69) is 149 Å². The summed E-state index contributed by atoms with van der Waals surface area (Å²) >= 11 is 0. The molecule has 44 heavy (non-hydrogen) atoms. The summed E-state index contributed by atoms with van der Waals surface area (Å²) in [6.07, 6.45) is 0.777. The Balaban J connectivity index is 1.77. The Morgan fingerprint density at radius 3 is 1.41 bits per heavy atom. The van der Waals surface area contributed by atoms with Gasteiger partial charge in [0.2, 0.25) is 0 Å². The standard InChI is InChI=1S/C39H48O3P2/c1-25-22-32(38(6,7)8)36-34(28(25)4)35-29(5)26(2)23-33(39(9,10)11)37(35)42-44(41-36)40-27(3)24-43(30-18-14-12-15-19-30)31-20-16-13-17-21-31/h12-23,27H,24H2,1-11H3/t27-/m1/s1. The quantitative estimate of drug-likeness (QED) is 0.176. The van der Waals surface area contributed by atoms with Crippen molar-refractivity contribution in [1.29, 1.82) is 0 Å². The van der Waals surface area contributed by atoms with Gasteiger partial charge in [0.05, 0.1) is 6.10 Å². The highest BCUT2D eigenvalue weighted by Gasteiger charge is 2.28. The average Bonchev–Trinajstić information content (AvgIpc) is 3.12. The Bertz CT molecular complexity index is 1700. The van der Waals surface area contributed by atoms with Crippen molar-refractivity contribution in [3.63, 3.8) is 0 Å². The number of fused-ring (bicyclic) bond motifs is 3. The van der Waals surface area contributed by atoms with Crippen molar-refractivity contribution >= 4 is 48.7 Å². The molecule has 0 amide bonds. The van der Waals surface area contributed by atoms with Crippen molar-refractivity contribution in [2.45, 2.75) is 93.1 Å². The molecule has 0 aliphatic rings. The summed E-state index contributed by atoms with van der Waals surface area (Å²) in [4.78, 5) is 0. The van der Waals surface area contributed by atoms with Crippen LogP contribution in [0.2, 0.25) is 0 Å². The van der Waals surface area contributed by atoms with Crippen molar-refractivity contribution in [1.82, 2.24) is 0 Å². The fourth-order valence-corrected chi connectivity index (χ4v) is 9.57. The molecule has 1 atom stereocenters. The van der Waals surface area contributed by atoms with Gasteiger partial charge in [-0.05, 0) is 86.2 Å². The van der Waals surface area contributed by atoms with Crippen LogP contribution >= 0.6 is 16.2 Å². The minimum Gasteiger partial charge on any atom is -0.399 e. The molecule has 0 aliphatic carbocycles. The van der Waals surface area contributed by atoms with Crippen molar-refractivity contribution in [3.8, 4) is 0 Å². The van der Waals surface area contributed by atoms with Gasteiger partial charge in [-0.2, -0.15) is 0 Å². The fourth-order valence-electron chi connectivity index (χ4n) is 5.91. The van der Waals surface area contributed by atoms with E-state index in [0.29, 0.717) is 0 Å². The van der Waals surface area contributed by atoms with Crippen LogP contribution in [-0.2, 0) is 10.8 Å². The highest BCUT2D eigenvalue weighted by molar-refractivity contribution is 7.73. The van der Waals surface area contributed by atoms with Crippen LogP contribution < -0.4 is 15.1 Å². The van der Waals surface area contributed by atoms with Gasteiger partial charge in [-0.3, -0.25) is 4.52 Å². The first-order valence-electron chi connectivity index (χ1n) is 15.7. The predicted octanol–water partition coefficient (Wildman–Crippen LogP) is 11.1. The summed E-state index contributed by atoms with van der Waals surface area (Å²) in [5.74, 6) is 0. The second-order valence-corrected chi connectivity index (χ2v) is 17.5. The van der Waals surface area contributed by atoms with E-state index in [1.807, 2.05) is 0 Å². The van der Waals surface area contributed by atoms with E-state index in [0.717, 1.165) is 28.1 Å².